The lowest BCUT2D eigenvalue weighted by Gasteiger charge is -2.20. The summed E-state index contributed by atoms with van der Waals surface area (Å²) in [6.45, 7) is 3.62. The van der Waals surface area contributed by atoms with Gasteiger partial charge in [-0.05, 0) is 30.2 Å². The number of hydrogen-bond acceptors (Lipinski definition) is 3. The molecule has 2 atom stereocenters. The number of urea groups is 1. The van der Waals surface area contributed by atoms with Crippen molar-refractivity contribution in [3.63, 3.8) is 0 Å². The zero-order valence-electron chi connectivity index (χ0n) is 11.9. The standard InChI is InChI=1S/C14H19N3O4/c1-3-8(2)11(13(19)20)17-12(18)9-4-6-10(7-5-9)16-14(15)21/h4-8,11H,3H2,1-2H3,(H,17,18)(H,19,20)(H3,15,16,21)/t8-,11-/m0/s1. The third-order valence-electron chi connectivity index (χ3n) is 3.18. The van der Waals surface area contributed by atoms with E-state index in [-0.39, 0.29) is 5.92 Å². The van der Waals surface area contributed by atoms with E-state index in [0.717, 1.165) is 0 Å². The minimum absolute atomic E-state index is 0.178. The molecule has 0 spiro atoms. The summed E-state index contributed by atoms with van der Waals surface area (Å²) >= 11 is 0. The number of carbonyl (C=O) groups is 3. The first-order chi connectivity index (χ1) is 9.85. The molecule has 0 saturated carbocycles. The number of carbonyl (C=O) groups excluding carboxylic acids is 2. The normalized spacial score (nSPS) is 13.0. The predicted molar refractivity (Wildman–Crippen MR) is 78.0 cm³/mol. The lowest BCUT2D eigenvalue weighted by molar-refractivity contribution is -0.140. The molecule has 0 bridgehead atoms. The number of benzene rings is 1. The van der Waals surface area contributed by atoms with Crippen LogP contribution in [0.4, 0.5) is 10.5 Å². The van der Waals surface area contributed by atoms with Crippen molar-refractivity contribution >= 4 is 23.6 Å². The summed E-state index contributed by atoms with van der Waals surface area (Å²) in [7, 11) is 0. The van der Waals surface area contributed by atoms with Crippen LogP contribution in [0.1, 0.15) is 30.6 Å². The minimum Gasteiger partial charge on any atom is -0.480 e. The molecule has 0 fully saturated rings. The molecule has 0 aliphatic heterocycles. The molecule has 0 unspecified atom stereocenters. The van der Waals surface area contributed by atoms with E-state index in [4.69, 9.17) is 10.8 Å². The molecule has 0 heterocycles. The SMILES string of the molecule is CC[C@H](C)[C@H](NC(=O)c1ccc(NC(N)=O)cc1)C(=O)O. The molecule has 0 aliphatic carbocycles. The summed E-state index contributed by atoms with van der Waals surface area (Å²) in [5.41, 5.74) is 5.74. The van der Waals surface area contributed by atoms with Crippen LogP contribution >= 0.6 is 0 Å². The predicted octanol–water partition coefficient (Wildman–Crippen LogP) is 1.41. The zero-order valence-corrected chi connectivity index (χ0v) is 11.9. The van der Waals surface area contributed by atoms with Gasteiger partial charge in [-0.25, -0.2) is 9.59 Å². The van der Waals surface area contributed by atoms with E-state index in [9.17, 15) is 14.4 Å². The van der Waals surface area contributed by atoms with Gasteiger partial charge in [-0.15, -0.1) is 0 Å². The van der Waals surface area contributed by atoms with Crippen LogP contribution in [-0.2, 0) is 4.79 Å². The quantitative estimate of drug-likeness (QED) is 0.633. The molecule has 1 aromatic carbocycles. The lowest BCUT2D eigenvalue weighted by atomic mass is 9.99. The maximum absolute atomic E-state index is 12.0. The summed E-state index contributed by atoms with van der Waals surface area (Å²) in [6.07, 6.45) is 0.638. The number of nitrogens with one attached hydrogen (secondary N) is 2. The topological polar surface area (TPSA) is 122 Å². The van der Waals surface area contributed by atoms with Gasteiger partial charge in [0.25, 0.3) is 5.91 Å². The van der Waals surface area contributed by atoms with Gasteiger partial charge in [0.05, 0.1) is 0 Å². The molecular weight excluding hydrogens is 274 g/mol. The highest BCUT2D eigenvalue weighted by atomic mass is 16.4. The maximum atomic E-state index is 12.0. The van der Waals surface area contributed by atoms with Crippen molar-refractivity contribution in [2.75, 3.05) is 5.32 Å². The Kier molecular flexibility index (Phi) is 5.71. The van der Waals surface area contributed by atoms with Gasteiger partial charge in [0.15, 0.2) is 0 Å². The largest absolute Gasteiger partial charge is 0.480 e. The number of nitrogens with two attached hydrogens (primary N) is 1. The fraction of sp³-hybridized carbons (Fsp3) is 0.357. The van der Waals surface area contributed by atoms with Crippen LogP contribution in [0.25, 0.3) is 0 Å². The van der Waals surface area contributed by atoms with Crippen LogP contribution in [0.15, 0.2) is 24.3 Å². The Morgan fingerprint density at radius 2 is 1.81 bits per heavy atom. The lowest BCUT2D eigenvalue weighted by Crippen LogP contribution is -2.45. The third kappa shape index (κ3) is 4.79. The number of hydrogen-bond donors (Lipinski definition) is 4. The molecule has 5 N–H and O–H groups in total. The van der Waals surface area contributed by atoms with Crippen molar-refractivity contribution in [1.29, 1.82) is 0 Å². The molecule has 1 aromatic rings. The van der Waals surface area contributed by atoms with E-state index in [1.54, 1.807) is 6.92 Å². The first-order valence-corrected chi connectivity index (χ1v) is 6.55. The molecule has 3 amide bonds. The van der Waals surface area contributed by atoms with Crippen molar-refractivity contribution in [1.82, 2.24) is 5.32 Å². The van der Waals surface area contributed by atoms with E-state index in [1.165, 1.54) is 24.3 Å². The van der Waals surface area contributed by atoms with E-state index in [2.05, 4.69) is 10.6 Å². The van der Waals surface area contributed by atoms with Crippen LogP contribution in [0.2, 0.25) is 0 Å². The number of carboxylic acid groups (broad SMARTS) is 1. The molecule has 1 rings (SSSR count). The number of rotatable bonds is 6. The molecule has 0 saturated heterocycles. The Hall–Kier alpha value is -2.57. The van der Waals surface area contributed by atoms with Gasteiger partial charge in [0.2, 0.25) is 0 Å². The number of primary amides is 1. The molecule has 0 aliphatic rings. The average Bonchev–Trinajstić information content (AvgIpc) is 2.43. The van der Waals surface area contributed by atoms with E-state index in [1.807, 2.05) is 6.92 Å². The van der Waals surface area contributed by atoms with Crippen molar-refractivity contribution in [2.24, 2.45) is 11.7 Å². The van der Waals surface area contributed by atoms with Gasteiger partial charge in [0.1, 0.15) is 6.04 Å². The van der Waals surface area contributed by atoms with Crippen LogP contribution in [0, 0.1) is 5.92 Å². The van der Waals surface area contributed by atoms with Crippen LogP contribution in [0.5, 0.6) is 0 Å². The van der Waals surface area contributed by atoms with Gasteiger partial charge in [-0.3, -0.25) is 4.79 Å². The number of amides is 3. The second-order valence-corrected chi connectivity index (χ2v) is 4.74. The summed E-state index contributed by atoms with van der Waals surface area (Å²) in [5, 5.41) is 14.0. The van der Waals surface area contributed by atoms with E-state index in [0.29, 0.717) is 17.7 Å². The smallest absolute Gasteiger partial charge is 0.326 e. The molecule has 114 valence electrons. The van der Waals surface area contributed by atoms with Gasteiger partial charge < -0.3 is 21.5 Å². The highest BCUT2D eigenvalue weighted by Crippen LogP contribution is 2.12. The van der Waals surface area contributed by atoms with Gasteiger partial charge >= 0.3 is 12.0 Å². The molecule has 0 aromatic heterocycles. The molecular formula is C14H19N3O4. The van der Waals surface area contributed by atoms with Crippen molar-refractivity contribution < 1.29 is 19.5 Å². The van der Waals surface area contributed by atoms with Crippen molar-refractivity contribution in [3.05, 3.63) is 29.8 Å². The average molecular weight is 293 g/mol. The first kappa shape index (κ1) is 16.5. The fourth-order valence-corrected chi connectivity index (χ4v) is 1.75. The Labute approximate surface area is 122 Å². The monoisotopic (exact) mass is 293 g/mol. The maximum Gasteiger partial charge on any atom is 0.326 e. The zero-order chi connectivity index (χ0) is 16.0. The Bertz CT molecular complexity index is 528. The van der Waals surface area contributed by atoms with Crippen LogP contribution < -0.4 is 16.4 Å². The highest BCUT2D eigenvalue weighted by Gasteiger charge is 2.25. The number of anilines is 1. The van der Waals surface area contributed by atoms with Crippen molar-refractivity contribution in [3.8, 4) is 0 Å². The molecule has 7 nitrogen and oxygen atoms in total. The minimum atomic E-state index is -1.07. The van der Waals surface area contributed by atoms with E-state index >= 15 is 0 Å². The molecule has 0 radical (unpaired) electrons. The second-order valence-electron chi connectivity index (χ2n) is 4.74. The summed E-state index contributed by atoms with van der Waals surface area (Å²) in [4.78, 5) is 33.9. The van der Waals surface area contributed by atoms with Crippen LogP contribution in [0.3, 0.4) is 0 Å². The Morgan fingerprint density at radius 3 is 2.24 bits per heavy atom. The van der Waals surface area contributed by atoms with Gasteiger partial charge in [0, 0.05) is 11.3 Å². The number of carboxylic acids is 1. The van der Waals surface area contributed by atoms with Gasteiger partial charge in [-0.2, -0.15) is 0 Å². The van der Waals surface area contributed by atoms with Gasteiger partial charge in [-0.1, -0.05) is 20.3 Å². The number of aliphatic carboxylic acids is 1. The fourth-order valence-electron chi connectivity index (χ4n) is 1.75. The Balaban J connectivity index is 2.78. The summed E-state index contributed by atoms with van der Waals surface area (Å²) in [5.74, 6) is -1.72. The van der Waals surface area contributed by atoms with E-state index < -0.39 is 23.9 Å². The second kappa shape index (κ2) is 7.28. The van der Waals surface area contributed by atoms with Crippen molar-refractivity contribution in [2.45, 2.75) is 26.3 Å². The highest BCUT2D eigenvalue weighted by molar-refractivity contribution is 5.97. The Morgan fingerprint density at radius 1 is 1.24 bits per heavy atom. The summed E-state index contributed by atoms with van der Waals surface area (Å²) in [6, 6.07) is 4.35. The van der Waals surface area contributed by atoms with Crippen LogP contribution in [-0.4, -0.2) is 29.1 Å². The third-order valence-corrected chi connectivity index (χ3v) is 3.18. The first-order valence-electron chi connectivity index (χ1n) is 6.55. The molecule has 7 heteroatoms. The molecule has 21 heavy (non-hydrogen) atoms. The summed E-state index contributed by atoms with van der Waals surface area (Å²) < 4.78 is 0.